The standard InChI is InChI=1S/C25H28N2O7/c1-4-32-21-11-7-19(8-12-21)26-22(28)15-33-24(30)18-13-23(29)27(14-18)20-9-5-17(6-10-20)25(31)34-16(2)3/h5-12,16,18H,4,13-15H2,1-3H3,(H,26,28)/t18-/m0/s1. The maximum absolute atomic E-state index is 12.4. The summed E-state index contributed by atoms with van der Waals surface area (Å²) in [4.78, 5) is 50.4. The van der Waals surface area contributed by atoms with Crippen LogP contribution >= 0.6 is 0 Å². The normalized spacial score (nSPS) is 15.2. The minimum atomic E-state index is -0.684. The number of ether oxygens (including phenoxy) is 3. The highest BCUT2D eigenvalue weighted by atomic mass is 16.5. The molecule has 1 atom stereocenters. The van der Waals surface area contributed by atoms with E-state index in [-0.39, 0.29) is 25.0 Å². The van der Waals surface area contributed by atoms with E-state index < -0.39 is 30.4 Å². The van der Waals surface area contributed by atoms with Crippen molar-refractivity contribution >= 4 is 35.1 Å². The Bertz CT molecular complexity index is 1030. The Balaban J connectivity index is 1.49. The highest BCUT2D eigenvalue weighted by Gasteiger charge is 2.36. The number of carbonyl (C=O) groups is 4. The third-order valence-electron chi connectivity index (χ3n) is 5.01. The van der Waals surface area contributed by atoms with Crippen LogP contribution in [0.2, 0.25) is 0 Å². The minimum Gasteiger partial charge on any atom is -0.494 e. The van der Waals surface area contributed by atoms with Crippen molar-refractivity contribution in [3.63, 3.8) is 0 Å². The molecule has 1 N–H and O–H groups in total. The third kappa shape index (κ3) is 6.57. The fourth-order valence-electron chi connectivity index (χ4n) is 3.43. The number of amides is 2. The zero-order valence-electron chi connectivity index (χ0n) is 19.4. The van der Waals surface area contributed by atoms with Crippen molar-refractivity contribution in [1.82, 2.24) is 0 Å². The average Bonchev–Trinajstić information content (AvgIpc) is 3.20. The lowest BCUT2D eigenvalue weighted by Gasteiger charge is -2.17. The molecule has 2 aromatic carbocycles. The molecular formula is C25H28N2O7. The van der Waals surface area contributed by atoms with E-state index in [9.17, 15) is 19.2 Å². The van der Waals surface area contributed by atoms with Crippen LogP contribution in [0.5, 0.6) is 5.75 Å². The topological polar surface area (TPSA) is 111 Å². The van der Waals surface area contributed by atoms with Crippen molar-refractivity contribution < 1.29 is 33.4 Å². The molecule has 34 heavy (non-hydrogen) atoms. The van der Waals surface area contributed by atoms with Crippen molar-refractivity contribution in [3.05, 3.63) is 54.1 Å². The van der Waals surface area contributed by atoms with Crippen molar-refractivity contribution in [1.29, 1.82) is 0 Å². The maximum atomic E-state index is 12.4. The van der Waals surface area contributed by atoms with Gasteiger partial charge in [0, 0.05) is 24.3 Å². The fraction of sp³-hybridized carbons (Fsp3) is 0.360. The number of benzene rings is 2. The average molecular weight is 469 g/mol. The van der Waals surface area contributed by atoms with Crippen LogP contribution < -0.4 is 15.0 Å². The zero-order chi connectivity index (χ0) is 24.7. The summed E-state index contributed by atoms with van der Waals surface area (Å²) in [6, 6.07) is 13.2. The van der Waals surface area contributed by atoms with E-state index in [4.69, 9.17) is 14.2 Å². The Morgan fingerprint density at radius 1 is 1.06 bits per heavy atom. The van der Waals surface area contributed by atoms with Gasteiger partial charge < -0.3 is 24.4 Å². The number of anilines is 2. The van der Waals surface area contributed by atoms with E-state index in [1.54, 1.807) is 62.4 Å². The number of hydrogen-bond acceptors (Lipinski definition) is 7. The minimum absolute atomic E-state index is 0.0174. The predicted octanol–water partition coefficient (Wildman–Crippen LogP) is 3.19. The summed E-state index contributed by atoms with van der Waals surface area (Å²) in [7, 11) is 0. The van der Waals surface area contributed by atoms with Gasteiger partial charge in [-0.25, -0.2) is 4.79 Å². The van der Waals surface area contributed by atoms with Gasteiger partial charge in [0.25, 0.3) is 5.91 Å². The molecule has 9 heteroatoms. The lowest BCUT2D eigenvalue weighted by atomic mass is 10.1. The van der Waals surface area contributed by atoms with Crippen LogP contribution in [0.1, 0.15) is 37.6 Å². The number of esters is 2. The van der Waals surface area contributed by atoms with E-state index >= 15 is 0 Å². The molecule has 0 unspecified atom stereocenters. The van der Waals surface area contributed by atoms with Crippen molar-refractivity contribution in [2.75, 3.05) is 30.0 Å². The van der Waals surface area contributed by atoms with Gasteiger partial charge in [-0.15, -0.1) is 0 Å². The van der Waals surface area contributed by atoms with E-state index in [2.05, 4.69) is 5.32 Å². The molecule has 2 amide bonds. The molecule has 1 saturated heterocycles. The third-order valence-corrected chi connectivity index (χ3v) is 5.01. The predicted molar refractivity (Wildman–Crippen MR) is 125 cm³/mol. The lowest BCUT2D eigenvalue weighted by molar-refractivity contribution is -0.151. The molecule has 2 aromatic rings. The molecule has 0 spiro atoms. The highest BCUT2D eigenvalue weighted by molar-refractivity contribution is 6.00. The van der Waals surface area contributed by atoms with Crippen molar-refractivity contribution in [2.24, 2.45) is 5.92 Å². The second kappa shape index (κ2) is 11.3. The molecular weight excluding hydrogens is 440 g/mol. The Kier molecular flexibility index (Phi) is 8.24. The van der Waals surface area contributed by atoms with Crippen LogP contribution in [0.15, 0.2) is 48.5 Å². The summed E-state index contributed by atoms with van der Waals surface area (Å²) in [5, 5.41) is 2.64. The van der Waals surface area contributed by atoms with E-state index in [0.717, 1.165) is 0 Å². The molecule has 1 aliphatic heterocycles. The van der Waals surface area contributed by atoms with E-state index in [1.807, 2.05) is 6.92 Å². The highest BCUT2D eigenvalue weighted by Crippen LogP contribution is 2.26. The first-order valence-corrected chi connectivity index (χ1v) is 11.1. The molecule has 9 nitrogen and oxygen atoms in total. The molecule has 0 aromatic heterocycles. The van der Waals surface area contributed by atoms with Gasteiger partial charge in [0.05, 0.1) is 24.2 Å². The van der Waals surface area contributed by atoms with Crippen molar-refractivity contribution in [3.8, 4) is 5.75 Å². The summed E-state index contributed by atoms with van der Waals surface area (Å²) < 4.78 is 15.6. The summed E-state index contributed by atoms with van der Waals surface area (Å²) in [6.45, 7) is 5.62. The Morgan fingerprint density at radius 2 is 1.74 bits per heavy atom. The second-order valence-corrected chi connectivity index (χ2v) is 8.02. The van der Waals surface area contributed by atoms with Gasteiger partial charge in [-0.2, -0.15) is 0 Å². The molecule has 180 valence electrons. The molecule has 1 aliphatic rings. The summed E-state index contributed by atoms with van der Waals surface area (Å²) in [5.41, 5.74) is 1.49. The van der Waals surface area contributed by atoms with E-state index in [1.165, 1.54) is 4.90 Å². The van der Waals surface area contributed by atoms with Gasteiger partial charge in [-0.05, 0) is 69.3 Å². The molecule has 0 radical (unpaired) electrons. The Labute approximate surface area is 198 Å². The smallest absolute Gasteiger partial charge is 0.338 e. The van der Waals surface area contributed by atoms with Crippen LogP contribution in [0.25, 0.3) is 0 Å². The summed E-state index contributed by atoms with van der Waals surface area (Å²) in [5.74, 6) is -1.78. The lowest BCUT2D eigenvalue weighted by Crippen LogP contribution is -2.28. The first kappa shape index (κ1) is 24.8. The summed E-state index contributed by atoms with van der Waals surface area (Å²) >= 11 is 0. The van der Waals surface area contributed by atoms with Crippen LogP contribution in [-0.2, 0) is 23.9 Å². The fourth-order valence-corrected chi connectivity index (χ4v) is 3.43. The van der Waals surface area contributed by atoms with Crippen LogP contribution in [0.3, 0.4) is 0 Å². The zero-order valence-corrected chi connectivity index (χ0v) is 19.4. The SMILES string of the molecule is CCOc1ccc(NC(=O)COC(=O)[C@H]2CC(=O)N(c3ccc(C(=O)OC(C)C)cc3)C2)cc1. The van der Waals surface area contributed by atoms with Gasteiger partial charge in [0.1, 0.15) is 5.75 Å². The first-order chi connectivity index (χ1) is 16.3. The first-order valence-electron chi connectivity index (χ1n) is 11.1. The Morgan fingerprint density at radius 3 is 2.35 bits per heavy atom. The number of rotatable bonds is 9. The van der Waals surface area contributed by atoms with Gasteiger partial charge in [0.15, 0.2) is 6.61 Å². The van der Waals surface area contributed by atoms with Crippen LogP contribution in [-0.4, -0.2) is 49.6 Å². The van der Waals surface area contributed by atoms with Crippen LogP contribution in [0, 0.1) is 5.92 Å². The van der Waals surface area contributed by atoms with Gasteiger partial charge in [0.2, 0.25) is 5.91 Å². The van der Waals surface area contributed by atoms with Gasteiger partial charge in [-0.3, -0.25) is 14.4 Å². The monoisotopic (exact) mass is 468 g/mol. The number of nitrogens with one attached hydrogen (secondary N) is 1. The van der Waals surface area contributed by atoms with Gasteiger partial charge >= 0.3 is 11.9 Å². The number of carbonyl (C=O) groups excluding carboxylic acids is 4. The largest absolute Gasteiger partial charge is 0.494 e. The van der Waals surface area contributed by atoms with E-state index in [0.29, 0.717) is 29.3 Å². The molecule has 1 heterocycles. The van der Waals surface area contributed by atoms with Gasteiger partial charge in [-0.1, -0.05) is 0 Å². The van der Waals surface area contributed by atoms with Crippen LogP contribution in [0.4, 0.5) is 11.4 Å². The molecule has 1 fully saturated rings. The molecule has 3 rings (SSSR count). The van der Waals surface area contributed by atoms with Crippen molar-refractivity contribution in [2.45, 2.75) is 33.3 Å². The number of nitrogens with zero attached hydrogens (tertiary/aromatic N) is 1. The Hall–Kier alpha value is -3.88. The summed E-state index contributed by atoms with van der Waals surface area (Å²) in [6.07, 6.45) is -0.252. The molecule has 0 bridgehead atoms. The number of hydrogen-bond donors (Lipinski definition) is 1. The molecule has 0 aliphatic carbocycles. The maximum Gasteiger partial charge on any atom is 0.338 e. The quantitative estimate of drug-likeness (QED) is 0.563. The molecule has 0 saturated carbocycles. The second-order valence-electron chi connectivity index (χ2n) is 8.02.